The van der Waals surface area contributed by atoms with E-state index in [2.05, 4.69) is 0 Å². The number of nitrogens with zero attached hydrogens (tertiary/aromatic N) is 1. The molecule has 98 valence electrons. The third-order valence-electron chi connectivity index (χ3n) is 3.18. The maximum absolute atomic E-state index is 11.9. The Morgan fingerprint density at radius 3 is 2.82 bits per heavy atom. The zero-order valence-electron chi connectivity index (χ0n) is 10.9. The molecule has 1 atom stereocenters. The molecule has 0 radical (unpaired) electrons. The molecule has 0 spiro atoms. The average Bonchev–Trinajstić information content (AvgIpc) is 2.35. The van der Waals surface area contributed by atoms with Gasteiger partial charge in [-0.15, -0.1) is 0 Å². The van der Waals surface area contributed by atoms with Gasteiger partial charge < -0.3 is 9.64 Å². The number of hydrogen-bond acceptors (Lipinski definition) is 3. The Bertz CT molecular complexity index is 265. The zero-order chi connectivity index (χ0) is 12.7. The summed E-state index contributed by atoms with van der Waals surface area (Å²) in [6, 6.07) is 0. The molecule has 1 rings (SSSR count). The molecule has 1 aliphatic heterocycles. The molecule has 4 nitrogen and oxygen atoms in total. The van der Waals surface area contributed by atoms with Gasteiger partial charge in [-0.3, -0.25) is 9.59 Å². The van der Waals surface area contributed by atoms with Crippen LogP contribution >= 0.6 is 0 Å². The molecule has 1 saturated heterocycles. The summed E-state index contributed by atoms with van der Waals surface area (Å²) < 4.78 is 5.30. The van der Waals surface area contributed by atoms with Crippen LogP contribution in [-0.2, 0) is 14.3 Å². The first-order valence-electron chi connectivity index (χ1n) is 6.57. The number of rotatable bonds is 6. The number of carbonyl (C=O) groups excluding carboxylic acids is 2. The predicted octanol–water partition coefficient (Wildman–Crippen LogP) is 1.63. The van der Waals surface area contributed by atoms with Crippen LogP contribution in [0.25, 0.3) is 0 Å². The van der Waals surface area contributed by atoms with E-state index in [4.69, 9.17) is 4.74 Å². The third-order valence-corrected chi connectivity index (χ3v) is 3.18. The summed E-state index contributed by atoms with van der Waals surface area (Å²) in [6.07, 6.45) is 2.75. The second-order valence-electron chi connectivity index (χ2n) is 4.52. The molecule has 4 heteroatoms. The molecule has 1 unspecified atom stereocenters. The van der Waals surface area contributed by atoms with Crippen molar-refractivity contribution in [1.29, 1.82) is 0 Å². The van der Waals surface area contributed by atoms with Gasteiger partial charge in [0.05, 0.1) is 13.0 Å². The largest absolute Gasteiger partial charge is 0.381 e. The highest BCUT2D eigenvalue weighted by Gasteiger charge is 2.27. The Kier molecular flexibility index (Phi) is 6.19. The molecule has 0 aromatic rings. The van der Waals surface area contributed by atoms with Crippen molar-refractivity contribution in [3.8, 4) is 0 Å². The molecule has 0 aromatic carbocycles. The van der Waals surface area contributed by atoms with E-state index in [0.717, 1.165) is 12.8 Å². The first-order chi connectivity index (χ1) is 8.19. The Hall–Kier alpha value is -0.900. The van der Waals surface area contributed by atoms with Gasteiger partial charge in [0.2, 0.25) is 5.91 Å². The van der Waals surface area contributed by atoms with Crippen LogP contribution in [0, 0.1) is 5.92 Å². The predicted molar refractivity (Wildman–Crippen MR) is 65.7 cm³/mol. The van der Waals surface area contributed by atoms with E-state index in [1.807, 2.05) is 18.7 Å². The minimum absolute atomic E-state index is 0.0456. The minimum Gasteiger partial charge on any atom is -0.381 e. The molecule has 17 heavy (non-hydrogen) atoms. The Morgan fingerprint density at radius 1 is 1.41 bits per heavy atom. The lowest BCUT2D eigenvalue weighted by molar-refractivity contribution is -0.138. The number of Topliss-reactive ketones (excluding diaryl/α,β-unsaturated/α-hetero) is 1. The van der Waals surface area contributed by atoms with Gasteiger partial charge in [0.25, 0.3) is 0 Å². The number of ether oxygens (including phenoxy) is 1. The highest BCUT2D eigenvalue weighted by Crippen LogP contribution is 2.16. The monoisotopic (exact) mass is 241 g/mol. The van der Waals surface area contributed by atoms with E-state index in [-0.39, 0.29) is 11.8 Å². The zero-order valence-corrected chi connectivity index (χ0v) is 10.9. The fourth-order valence-electron chi connectivity index (χ4n) is 2.06. The summed E-state index contributed by atoms with van der Waals surface area (Å²) in [5.74, 6) is 0.468. The highest BCUT2D eigenvalue weighted by molar-refractivity contribution is 5.85. The molecule has 1 fully saturated rings. The SMILES string of the molecule is CCCOCCC(=O)N1CCC(=O)C(CC)C1. The summed E-state index contributed by atoms with van der Waals surface area (Å²) in [5.41, 5.74) is 0. The Morgan fingerprint density at radius 2 is 2.18 bits per heavy atom. The van der Waals surface area contributed by atoms with Gasteiger partial charge >= 0.3 is 0 Å². The van der Waals surface area contributed by atoms with Crippen molar-refractivity contribution in [3.05, 3.63) is 0 Å². The van der Waals surface area contributed by atoms with Gasteiger partial charge in [-0.05, 0) is 12.8 Å². The van der Waals surface area contributed by atoms with Gasteiger partial charge in [-0.25, -0.2) is 0 Å². The standard InChI is InChI=1S/C13H23NO3/c1-3-8-17-9-6-13(16)14-7-5-12(15)11(4-2)10-14/h11H,3-10H2,1-2H3. The van der Waals surface area contributed by atoms with Crippen molar-refractivity contribution in [2.24, 2.45) is 5.92 Å². The normalized spacial score (nSPS) is 20.7. The minimum atomic E-state index is 0.0456. The number of carbonyl (C=O) groups is 2. The van der Waals surface area contributed by atoms with E-state index in [9.17, 15) is 9.59 Å². The fraction of sp³-hybridized carbons (Fsp3) is 0.846. The van der Waals surface area contributed by atoms with Gasteiger partial charge in [0.15, 0.2) is 0 Å². The quantitative estimate of drug-likeness (QED) is 0.664. The number of ketones is 1. The van der Waals surface area contributed by atoms with E-state index < -0.39 is 0 Å². The van der Waals surface area contributed by atoms with Crippen LogP contribution < -0.4 is 0 Å². The topological polar surface area (TPSA) is 46.6 Å². The lowest BCUT2D eigenvalue weighted by Crippen LogP contribution is -2.44. The van der Waals surface area contributed by atoms with Crippen LogP contribution in [0.5, 0.6) is 0 Å². The molecular formula is C13H23NO3. The van der Waals surface area contributed by atoms with Gasteiger partial charge in [0.1, 0.15) is 5.78 Å². The van der Waals surface area contributed by atoms with Crippen LogP contribution in [0.4, 0.5) is 0 Å². The molecule has 0 N–H and O–H groups in total. The first-order valence-corrected chi connectivity index (χ1v) is 6.57. The van der Waals surface area contributed by atoms with E-state index in [0.29, 0.717) is 44.9 Å². The number of likely N-dealkylation sites (tertiary alicyclic amines) is 1. The smallest absolute Gasteiger partial charge is 0.224 e. The van der Waals surface area contributed by atoms with Crippen molar-refractivity contribution in [2.45, 2.75) is 39.5 Å². The van der Waals surface area contributed by atoms with E-state index in [1.165, 1.54) is 0 Å². The molecular weight excluding hydrogens is 218 g/mol. The molecule has 0 saturated carbocycles. The van der Waals surface area contributed by atoms with Crippen molar-refractivity contribution < 1.29 is 14.3 Å². The Labute approximate surface area is 103 Å². The van der Waals surface area contributed by atoms with Crippen LogP contribution in [0.15, 0.2) is 0 Å². The first kappa shape index (κ1) is 14.2. The van der Waals surface area contributed by atoms with Gasteiger partial charge in [0, 0.05) is 32.0 Å². The van der Waals surface area contributed by atoms with Crippen LogP contribution in [0.1, 0.15) is 39.5 Å². The Balaban J connectivity index is 2.29. The van der Waals surface area contributed by atoms with Crippen LogP contribution in [0.2, 0.25) is 0 Å². The molecule has 1 amide bonds. The van der Waals surface area contributed by atoms with Crippen molar-refractivity contribution in [1.82, 2.24) is 4.90 Å². The summed E-state index contributed by atoms with van der Waals surface area (Å²) in [5, 5.41) is 0. The van der Waals surface area contributed by atoms with Crippen LogP contribution in [0.3, 0.4) is 0 Å². The fourth-order valence-corrected chi connectivity index (χ4v) is 2.06. The second-order valence-corrected chi connectivity index (χ2v) is 4.52. The van der Waals surface area contributed by atoms with Crippen LogP contribution in [-0.4, -0.2) is 42.9 Å². The molecule has 0 aliphatic carbocycles. The van der Waals surface area contributed by atoms with E-state index >= 15 is 0 Å². The summed E-state index contributed by atoms with van der Waals surface area (Å²) in [4.78, 5) is 25.2. The maximum Gasteiger partial charge on any atom is 0.224 e. The number of amides is 1. The lowest BCUT2D eigenvalue weighted by Gasteiger charge is -2.31. The molecule has 0 bridgehead atoms. The average molecular weight is 241 g/mol. The van der Waals surface area contributed by atoms with Gasteiger partial charge in [-0.2, -0.15) is 0 Å². The third kappa shape index (κ3) is 4.46. The highest BCUT2D eigenvalue weighted by atomic mass is 16.5. The molecule has 1 aliphatic rings. The van der Waals surface area contributed by atoms with Crippen molar-refractivity contribution in [2.75, 3.05) is 26.3 Å². The van der Waals surface area contributed by atoms with Crippen molar-refractivity contribution >= 4 is 11.7 Å². The molecule has 0 aromatic heterocycles. The summed E-state index contributed by atoms with van der Waals surface area (Å²) in [6.45, 7) is 6.44. The summed E-state index contributed by atoms with van der Waals surface area (Å²) in [7, 11) is 0. The second kappa shape index (κ2) is 7.43. The van der Waals surface area contributed by atoms with Crippen molar-refractivity contribution in [3.63, 3.8) is 0 Å². The lowest BCUT2D eigenvalue weighted by atomic mass is 9.94. The van der Waals surface area contributed by atoms with Gasteiger partial charge in [-0.1, -0.05) is 13.8 Å². The summed E-state index contributed by atoms with van der Waals surface area (Å²) >= 11 is 0. The van der Waals surface area contributed by atoms with E-state index in [1.54, 1.807) is 0 Å². The number of piperidine rings is 1. The maximum atomic E-state index is 11.9. The molecule has 1 heterocycles. The number of hydrogen-bond donors (Lipinski definition) is 0.